The van der Waals surface area contributed by atoms with E-state index in [0.29, 0.717) is 17.9 Å². The van der Waals surface area contributed by atoms with E-state index >= 15 is 0 Å². The standard InChI is InChI=1S/C23H33N9O7S/c1-9-17-16(10(2)27-15(34)6-30-8-26-28-29-30)22(37)32(17)18(23(38)39)20(9)40-11-3-13(25-4-11)21(36)31-5-12(24)19(35)14(31)7-33/h8-14,16-17,19,25,33,35H,3-7,24H2,1-2H3,(H,27,34)(H,38,39)/t9-,10-,11+,12?,13+,14?,16-,17-,19?/m1/s1. The minimum absolute atomic E-state index is 0.0558. The van der Waals surface area contributed by atoms with Gasteiger partial charge in [-0.3, -0.25) is 14.4 Å². The zero-order chi connectivity index (χ0) is 28.9. The van der Waals surface area contributed by atoms with Crippen LogP contribution in [-0.4, -0.2) is 130 Å². The molecule has 1 aromatic rings. The van der Waals surface area contributed by atoms with Crippen molar-refractivity contribution in [3.05, 3.63) is 16.9 Å². The van der Waals surface area contributed by atoms with Gasteiger partial charge in [-0.1, -0.05) is 6.92 Å². The van der Waals surface area contributed by atoms with Crippen LogP contribution in [0, 0.1) is 11.8 Å². The second-order valence-corrected chi connectivity index (χ2v) is 12.1. The number of carboxylic acids is 1. The number of likely N-dealkylation sites (tertiary alicyclic amines) is 1. The number of thioether (sulfide) groups is 1. The Hall–Kier alpha value is -3.12. The molecule has 4 aliphatic rings. The highest BCUT2D eigenvalue weighted by molar-refractivity contribution is 8.03. The smallest absolute Gasteiger partial charge is 0.353 e. The topological polar surface area (TPSA) is 229 Å². The van der Waals surface area contributed by atoms with Crippen molar-refractivity contribution in [1.82, 2.24) is 40.6 Å². The number of carbonyl (C=O) groups is 4. The lowest BCUT2D eigenvalue weighted by molar-refractivity contribution is -0.158. The van der Waals surface area contributed by atoms with E-state index in [9.17, 15) is 34.5 Å². The molecule has 1 aromatic heterocycles. The number of amides is 3. The summed E-state index contributed by atoms with van der Waals surface area (Å²) in [6.45, 7) is 3.64. The van der Waals surface area contributed by atoms with Crippen LogP contribution in [0.15, 0.2) is 16.9 Å². The van der Waals surface area contributed by atoms with Crippen molar-refractivity contribution < 1.29 is 34.5 Å². The third-order valence-corrected chi connectivity index (χ3v) is 9.72. The molecule has 3 amide bonds. The monoisotopic (exact) mass is 579 g/mol. The van der Waals surface area contributed by atoms with Gasteiger partial charge < -0.3 is 41.5 Å². The maximum atomic E-state index is 13.2. The van der Waals surface area contributed by atoms with Crippen molar-refractivity contribution in [1.29, 1.82) is 0 Å². The van der Waals surface area contributed by atoms with Crippen molar-refractivity contribution in [2.75, 3.05) is 19.7 Å². The minimum Gasteiger partial charge on any atom is -0.477 e. The zero-order valence-corrected chi connectivity index (χ0v) is 22.8. The SMILES string of the molecule is C[C@@H](NC(=O)Cn1cnnn1)[C@H]1C(=O)N2C(C(=O)O)=C(S[C@@H]3CN[C@H](C(=O)N4CC(N)C(O)C4CO)C3)[C@H](C)[C@H]12. The summed E-state index contributed by atoms with van der Waals surface area (Å²) in [6, 6.07) is -2.95. The predicted molar refractivity (Wildman–Crippen MR) is 138 cm³/mol. The van der Waals surface area contributed by atoms with Crippen molar-refractivity contribution in [3.63, 3.8) is 0 Å². The van der Waals surface area contributed by atoms with Gasteiger partial charge >= 0.3 is 5.97 Å². The molecule has 0 aromatic carbocycles. The number of nitrogens with one attached hydrogen (secondary N) is 2. The molecule has 40 heavy (non-hydrogen) atoms. The molecule has 7 N–H and O–H groups in total. The van der Waals surface area contributed by atoms with Gasteiger partial charge in [0.2, 0.25) is 17.7 Å². The second-order valence-electron chi connectivity index (χ2n) is 10.7. The Labute approximate surface area is 233 Å². The second kappa shape index (κ2) is 11.0. The number of tetrazole rings is 1. The molecule has 0 bridgehead atoms. The Morgan fingerprint density at radius 3 is 2.75 bits per heavy atom. The molecule has 0 radical (unpaired) electrons. The van der Waals surface area contributed by atoms with E-state index in [1.807, 2.05) is 6.92 Å². The summed E-state index contributed by atoms with van der Waals surface area (Å²) < 4.78 is 1.26. The normalized spacial score (nSPS) is 34.2. The summed E-state index contributed by atoms with van der Waals surface area (Å²) in [7, 11) is 0. The molecule has 16 nitrogen and oxygen atoms in total. The van der Waals surface area contributed by atoms with Gasteiger partial charge in [-0.2, -0.15) is 0 Å². The van der Waals surface area contributed by atoms with E-state index < -0.39 is 54.8 Å². The fourth-order valence-electron chi connectivity index (χ4n) is 6.25. The molecular weight excluding hydrogens is 546 g/mol. The van der Waals surface area contributed by atoms with Crippen LogP contribution in [0.2, 0.25) is 0 Å². The Balaban J connectivity index is 1.24. The first-order chi connectivity index (χ1) is 19.0. The number of hydrogen-bond donors (Lipinski definition) is 6. The molecule has 4 aliphatic heterocycles. The number of nitrogens with zero attached hydrogens (tertiary/aromatic N) is 6. The summed E-state index contributed by atoms with van der Waals surface area (Å²) in [4.78, 5) is 54.3. The molecule has 3 fully saturated rings. The molecule has 9 atom stereocenters. The molecule has 3 unspecified atom stereocenters. The number of hydrogen-bond acceptors (Lipinski definition) is 12. The average molecular weight is 580 g/mol. The lowest BCUT2D eigenvalue weighted by Crippen LogP contribution is -2.66. The molecule has 0 aliphatic carbocycles. The third-order valence-electron chi connectivity index (χ3n) is 8.21. The molecule has 5 rings (SSSR count). The molecule has 3 saturated heterocycles. The van der Waals surface area contributed by atoms with Gasteiger partial charge in [0.15, 0.2) is 0 Å². The summed E-state index contributed by atoms with van der Waals surface area (Å²) in [5, 5.41) is 46.3. The van der Waals surface area contributed by atoms with Crippen LogP contribution in [0.25, 0.3) is 0 Å². The van der Waals surface area contributed by atoms with Crippen LogP contribution in [-0.2, 0) is 25.7 Å². The number of carboxylic acid groups (broad SMARTS) is 1. The number of rotatable bonds is 9. The van der Waals surface area contributed by atoms with E-state index in [4.69, 9.17) is 5.73 Å². The highest BCUT2D eigenvalue weighted by Gasteiger charge is 2.60. The van der Waals surface area contributed by atoms with Gasteiger partial charge in [0.1, 0.15) is 18.6 Å². The maximum absolute atomic E-state index is 13.2. The van der Waals surface area contributed by atoms with Gasteiger partial charge in [-0.25, -0.2) is 9.48 Å². The van der Waals surface area contributed by atoms with E-state index in [1.165, 1.54) is 32.6 Å². The number of aliphatic carboxylic acids is 1. The zero-order valence-electron chi connectivity index (χ0n) is 22.0. The first kappa shape index (κ1) is 28.4. The lowest BCUT2D eigenvalue weighted by Gasteiger charge is -2.47. The number of nitrogens with two attached hydrogens (primary N) is 1. The summed E-state index contributed by atoms with van der Waals surface area (Å²) in [5.74, 6) is -3.11. The predicted octanol–water partition coefficient (Wildman–Crippen LogP) is -3.69. The highest BCUT2D eigenvalue weighted by Crippen LogP contribution is 2.51. The maximum Gasteiger partial charge on any atom is 0.353 e. The Morgan fingerprint density at radius 1 is 1.35 bits per heavy atom. The number of aliphatic hydroxyl groups excluding tert-OH is 2. The van der Waals surface area contributed by atoms with E-state index in [0.717, 1.165) is 0 Å². The molecule has 5 heterocycles. The number of aliphatic hydroxyl groups is 2. The van der Waals surface area contributed by atoms with Gasteiger partial charge in [0.25, 0.3) is 0 Å². The number of aromatic nitrogens is 4. The van der Waals surface area contributed by atoms with Gasteiger partial charge in [0, 0.05) is 35.2 Å². The molecule has 218 valence electrons. The number of carbonyl (C=O) groups excluding carboxylic acids is 3. The lowest BCUT2D eigenvalue weighted by atomic mass is 9.78. The molecular formula is C23H33N9O7S. The van der Waals surface area contributed by atoms with Crippen molar-refractivity contribution in [3.8, 4) is 0 Å². The summed E-state index contributed by atoms with van der Waals surface area (Å²) in [6.07, 6.45) is 0.694. The van der Waals surface area contributed by atoms with E-state index in [2.05, 4.69) is 26.2 Å². The number of β-lactam (4-membered cyclic amide) rings is 1. The highest BCUT2D eigenvalue weighted by atomic mass is 32.2. The van der Waals surface area contributed by atoms with Gasteiger partial charge in [-0.05, 0) is 23.8 Å². The number of fused-ring (bicyclic) bond motifs is 1. The van der Waals surface area contributed by atoms with Crippen LogP contribution in [0.3, 0.4) is 0 Å². The quantitative estimate of drug-likeness (QED) is 0.155. The van der Waals surface area contributed by atoms with Gasteiger partial charge in [0.05, 0.1) is 42.8 Å². The molecule has 17 heteroatoms. The first-order valence-electron chi connectivity index (χ1n) is 13.1. The summed E-state index contributed by atoms with van der Waals surface area (Å²) in [5.41, 5.74) is 5.84. The van der Waals surface area contributed by atoms with Crippen LogP contribution in [0.5, 0.6) is 0 Å². The Bertz CT molecular complexity index is 1210. The Kier molecular flexibility index (Phi) is 7.84. The minimum atomic E-state index is -1.21. The van der Waals surface area contributed by atoms with Gasteiger partial charge in [-0.15, -0.1) is 16.9 Å². The largest absolute Gasteiger partial charge is 0.477 e. The van der Waals surface area contributed by atoms with Crippen molar-refractivity contribution in [2.45, 2.75) is 68.4 Å². The average Bonchev–Trinajstić information content (AvgIpc) is 3.67. The third kappa shape index (κ3) is 4.85. The van der Waals surface area contributed by atoms with E-state index in [1.54, 1.807) is 6.92 Å². The van der Waals surface area contributed by atoms with Crippen LogP contribution < -0.4 is 16.4 Å². The summed E-state index contributed by atoms with van der Waals surface area (Å²) >= 11 is 1.35. The first-order valence-corrected chi connectivity index (χ1v) is 14.0. The fraction of sp³-hybridized carbons (Fsp3) is 0.696. The van der Waals surface area contributed by atoms with Crippen molar-refractivity contribution in [2.24, 2.45) is 17.6 Å². The van der Waals surface area contributed by atoms with E-state index in [-0.39, 0.29) is 47.7 Å². The van der Waals surface area contributed by atoms with Crippen LogP contribution in [0.1, 0.15) is 20.3 Å². The molecule has 0 spiro atoms. The fourth-order valence-corrected chi connectivity index (χ4v) is 7.73. The van der Waals surface area contributed by atoms with Crippen LogP contribution >= 0.6 is 11.8 Å². The van der Waals surface area contributed by atoms with Crippen LogP contribution in [0.4, 0.5) is 0 Å². The van der Waals surface area contributed by atoms with Crippen molar-refractivity contribution >= 4 is 35.5 Å². The molecule has 0 saturated carbocycles. The Morgan fingerprint density at radius 2 is 2.10 bits per heavy atom.